The van der Waals surface area contributed by atoms with Gasteiger partial charge in [0.2, 0.25) is 0 Å². The van der Waals surface area contributed by atoms with Crippen molar-refractivity contribution < 1.29 is 60.3 Å². The molecule has 0 saturated carbocycles. The van der Waals surface area contributed by atoms with Gasteiger partial charge in [0.25, 0.3) is 0 Å². The van der Waals surface area contributed by atoms with Crippen molar-refractivity contribution in [1.82, 2.24) is 29.9 Å². The van der Waals surface area contributed by atoms with Crippen molar-refractivity contribution in [2.45, 2.75) is 0 Å². The molecule has 0 saturated heterocycles. The molecule has 0 aliphatic carbocycles. The Morgan fingerprint density at radius 3 is 0.817 bits per heavy atom. The van der Waals surface area contributed by atoms with Gasteiger partial charge in [-0.3, -0.25) is 0 Å². The molecule has 0 unspecified atom stereocenters. The summed E-state index contributed by atoms with van der Waals surface area (Å²) in [5, 5.41) is 2.32. The maximum Gasteiger partial charge on any atom is 0.164 e. The standard InChI is InChI=1S/C39H26N.C35H24N.C32H21N4.3Ir/c1-3-11-28(12-4-1)35-25-36(29-13-5-2-6-14-29)27-37(26-35)33-18-9-16-31(23-33)32-17-10-19-34(24-32)39-38-20-8-7-15-30(38)21-22-40-39;1-3-11-26(12-4-1)32-23-33(27-13-5-2-6-14-27)25-34(24-32)30-17-9-15-28(21-30)29-16-10-18-31(22-29)35-19-7-8-20-36-35;1-3-11-23(12-4-1)30-34-31(24-13-5-2-6-14-24)36-32(35-30)28-18-10-16-26(22-28)25-15-9-17-27(21-25)29-19-7-8-20-33-29;;;/h1-18,20-27H;1-17,19-25H;1-16,18-22H;;;/q3*-1;;;. The maximum absolute atomic E-state index is 4.86. The number of rotatable bonds is 15. The molecule has 0 atom stereocenters. The van der Waals surface area contributed by atoms with Gasteiger partial charge in [0.1, 0.15) is 0 Å². The maximum atomic E-state index is 4.86. The van der Waals surface area contributed by atoms with Gasteiger partial charge in [-0.15, -0.1) is 106 Å². The quantitative estimate of drug-likeness (QED) is 0.0952. The van der Waals surface area contributed by atoms with Gasteiger partial charge in [0.05, 0.1) is 0 Å². The van der Waals surface area contributed by atoms with Crippen LogP contribution in [0.4, 0.5) is 0 Å². The van der Waals surface area contributed by atoms with Crippen LogP contribution < -0.4 is 0 Å². The summed E-state index contributed by atoms with van der Waals surface area (Å²) in [5.41, 5.74) is 29.8. The van der Waals surface area contributed by atoms with Crippen LogP contribution in [0.2, 0.25) is 0 Å². The average molecular weight is 2010 g/mol. The zero-order chi connectivity index (χ0) is 75.0. The molecule has 9 heteroatoms. The molecule has 19 aromatic rings. The molecule has 3 radical (unpaired) electrons. The van der Waals surface area contributed by atoms with E-state index in [4.69, 9.17) is 19.9 Å². The van der Waals surface area contributed by atoms with E-state index < -0.39 is 0 Å². The van der Waals surface area contributed by atoms with Gasteiger partial charge in [0, 0.05) is 95.6 Å². The minimum absolute atomic E-state index is 0. The first-order chi connectivity index (χ1) is 55.5. The Bertz CT molecular complexity index is 6000. The van der Waals surface area contributed by atoms with Crippen LogP contribution >= 0.6 is 0 Å². The molecule has 555 valence electrons. The molecule has 4 aromatic heterocycles. The Morgan fingerprint density at radius 2 is 0.443 bits per heavy atom. The fourth-order valence-corrected chi connectivity index (χ4v) is 14.1. The molecule has 6 nitrogen and oxygen atoms in total. The van der Waals surface area contributed by atoms with E-state index >= 15 is 0 Å². The van der Waals surface area contributed by atoms with Crippen LogP contribution in [0.25, 0.3) is 179 Å². The third kappa shape index (κ3) is 19.0. The Hall–Kier alpha value is -13.0. The molecule has 15 aromatic carbocycles. The number of aromatic nitrogens is 6. The second-order valence-corrected chi connectivity index (χ2v) is 27.1. The Morgan fingerprint density at radius 1 is 0.174 bits per heavy atom. The summed E-state index contributed by atoms with van der Waals surface area (Å²) in [4.78, 5) is 28.2. The van der Waals surface area contributed by atoms with E-state index in [0.717, 1.165) is 78.1 Å². The van der Waals surface area contributed by atoms with Crippen molar-refractivity contribution in [3.8, 4) is 168 Å². The first-order valence-corrected chi connectivity index (χ1v) is 37.4. The van der Waals surface area contributed by atoms with Crippen LogP contribution in [-0.2, 0) is 60.3 Å². The van der Waals surface area contributed by atoms with Gasteiger partial charge in [-0.2, -0.15) is 0 Å². The summed E-state index contributed by atoms with van der Waals surface area (Å²) < 4.78 is 0. The summed E-state index contributed by atoms with van der Waals surface area (Å²) in [6.45, 7) is 0. The zero-order valence-electron chi connectivity index (χ0n) is 62.2. The van der Waals surface area contributed by atoms with Gasteiger partial charge in [-0.1, -0.05) is 285 Å². The topological polar surface area (TPSA) is 77.3 Å². The number of benzene rings is 15. The summed E-state index contributed by atoms with van der Waals surface area (Å²) in [7, 11) is 0. The summed E-state index contributed by atoms with van der Waals surface area (Å²) >= 11 is 0. The van der Waals surface area contributed by atoms with Crippen LogP contribution in [0.3, 0.4) is 0 Å². The van der Waals surface area contributed by atoms with E-state index in [1.807, 2.05) is 140 Å². The molecule has 19 rings (SSSR count). The average Bonchev–Trinajstić information content (AvgIpc) is 0.800. The van der Waals surface area contributed by atoms with E-state index in [9.17, 15) is 0 Å². The molecule has 0 spiro atoms. The molecule has 0 amide bonds. The largest absolute Gasteiger partial charge is 0.305 e. The normalized spacial score (nSPS) is 10.6. The van der Waals surface area contributed by atoms with Crippen LogP contribution in [0, 0.1) is 18.2 Å². The molecule has 0 bridgehead atoms. The first kappa shape index (κ1) is 78.6. The molecular weight excluding hydrogens is 1930 g/mol. The van der Waals surface area contributed by atoms with Crippen LogP contribution in [0.1, 0.15) is 0 Å². The number of pyridine rings is 3. The second-order valence-electron chi connectivity index (χ2n) is 27.1. The molecule has 115 heavy (non-hydrogen) atoms. The third-order valence-electron chi connectivity index (χ3n) is 19.7. The Labute approximate surface area is 712 Å². The van der Waals surface area contributed by atoms with Gasteiger partial charge >= 0.3 is 0 Å². The molecule has 0 fully saturated rings. The second kappa shape index (κ2) is 38.0. The SMILES string of the molecule is [Ir].[Ir].[Ir].[c-]1ccc(-c2cccc(-c3cc(-c4ccccc4)cc(-c4ccccc4)c3)c2)cc1-c1ccccn1.[c-]1ccc(-c2cccc(-c3cc(-c4ccccc4)cc(-c4ccccc4)c3)c2)cc1-c1nccc2ccccc12.[c-]1ccc(-c2cccc(-c3nc(-c4ccccc4)nc(-c4ccccc4)n3)c2)cc1-c1ccccn1. The number of hydrogen-bond donors (Lipinski definition) is 0. The minimum atomic E-state index is 0. The van der Waals surface area contributed by atoms with E-state index in [-0.39, 0.29) is 60.3 Å². The number of hydrogen-bond acceptors (Lipinski definition) is 6. The summed E-state index contributed by atoms with van der Waals surface area (Å²) in [5.74, 6) is 1.94. The van der Waals surface area contributed by atoms with Gasteiger partial charge in [0.15, 0.2) is 17.5 Å². The number of fused-ring (bicyclic) bond motifs is 1. The van der Waals surface area contributed by atoms with Crippen molar-refractivity contribution in [3.63, 3.8) is 0 Å². The summed E-state index contributed by atoms with van der Waals surface area (Å²) in [6, 6.07) is 153. The fourth-order valence-electron chi connectivity index (χ4n) is 14.1. The van der Waals surface area contributed by atoms with Crippen molar-refractivity contribution in [1.29, 1.82) is 0 Å². The Balaban J connectivity index is 0.000000141. The predicted molar refractivity (Wildman–Crippen MR) is 462 cm³/mol. The van der Waals surface area contributed by atoms with Gasteiger partial charge in [-0.25, -0.2) is 15.0 Å². The minimum Gasteiger partial charge on any atom is -0.305 e. The van der Waals surface area contributed by atoms with Gasteiger partial charge in [-0.05, 0) is 184 Å². The van der Waals surface area contributed by atoms with Crippen LogP contribution in [-0.4, -0.2) is 29.9 Å². The van der Waals surface area contributed by atoms with Gasteiger partial charge < -0.3 is 15.0 Å². The van der Waals surface area contributed by atoms with Crippen LogP contribution in [0.5, 0.6) is 0 Å². The fraction of sp³-hybridized carbons (Fsp3) is 0. The monoisotopic (exact) mass is 2010 g/mol. The predicted octanol–water partition coefficient (Wildman–Crippen LogP) is 27.0. The first-order valence-electron chi connectivity index (χ1n) is 37.4. The van der Waals surface area contributed by atoms with Crippen molar-refractivity contribution in [3.05, 3.63) is 449 Å². The molecule has 0 N–H and O–H groups in total. The summed E-state index contributed by atoms with van der Waals surface area (Å²) in [6.07, 6.45) is 5.50. The van der Waals surface area contributed by atoms with Crippen LogP contribution in [0.15, 0.2) is 431 Å². The smallest absolute Gasteiger partial charge is 0.164 e. The molecule has 0 aliphatic rings. The van der Waals surface area contributed by atoms with E-state index in [1.165, 1.54) is 83.3 Å². The molecule has 4 heterocycles. The van der Waals surface area contributed by atoms with Crippen molar-refractivity contribution >= 4 is 10.8 Å². The Kier molecular flexibility index (Phi) is 26.0. The molecular formula is C106H71Ir3N6-3. The molecule has 0 aliphatic heterocycles. The van der Waals surface area contributed by atoms with Crippen molar-refractivity contribution in [2.24, 2.45) is 0 Å². The van der Waals surface area contributed by atoms with E-state index in [2.05, 4.69) is 313 Å². The van der Waals surface area contributed by atoms with E-state index in [1.54, 1.807) is 6.20 Å². The third-order valence-corrected chi connectivity index (χ3v) is 19.7. The van der Waals surface area contributed by atoms with Crippen molar-refractivity contribution in [2.75, 3.05) is 0 Å². The number of nitrogens with zero attached hydrogens (tertiary/aromatic N) is 6. The zero-order valence-corrected chi connectivity index (χ0v) is 69.4. The van der Waals surface area contributed by atoms with E-state index in [0.29, 0.717) is 17.5 Å².